The second-order valence-corrected chi connectivity index (χ2v) is 7.12. The van der Waals surface area contributed by atoms with Gasteiger partial charge in [0.2, 0.25) is 0 Å². The molecule has 0 aliphatic heterocycles. The first-order chi connectivity index (χ1) is 14.8. The van der Waals surface area contributed by atoms with Crippen LogP contribution in [0.4, 0.5) is 15.8 Å². The molecule has 6 nitrogen and oxygen atoms in total. The van der Waals surface area contributed by atoms with Gasteiger partial charge in [-0.3, -0.25) is 9.59 Å². The minimum atomic E-state index is -0.532. The fourth-order valence-electron chi connectivity index (χ4n) is 2.80. The molecule has 3 rings (SSSR count). The summed E-state index contributed by atoms with van der Waals surface area (Å²) < 4.78 is 23.7. The summed E-state index contributed by atoms with van der Waals surface area (Å²) >= 11 is 12.2. The van der Waals surface area contributed by atoms with Crippen molar-refractivity contribution in [1.82, 2.24) is 0 Å². The molecule has 3 aromatic carbocycles. The van der Waals surface area contributed by atoms with Gasteiger partial charge in [-0.05, 0) is 48.5 Å². The summed E-state index contributed by atoms with van der Waals surface area (Å²) in [6.45, 7) is 0. The van der Waals surface area contributed by atoms with Crippen molar-refractivity contribution < 1.29 is 23.5 Å². The molecule has 0 fully saturated rings. The van der Waals surface area contributed by atoms with Crippen LogP contribution in [0, 0.1) is 5.82 Å². The first kappa shape index (κ1) is 22.4. The maximum absolute atomic E-state index is 13.4. The van der Waals surface area contributed by atoms with Gasteiger partial charge < -0.3 is 20.1 Å². The van der Waals surface area contributed by atoms with Crippen LogP contribution in [0.3, 0.4) is 0 Å². The van der Waals surface area contributed by atoms with Gasteiger partial charge in [0.1, 0.15) is 11.6 Å². The van der Waals surface area contributed by atoms with Crippen LogP contribution in [0.5, 0.6) is 11.5 Å². The van der Waals surface area contributed by atoms with E-state index in [4.69, 9.17) is 32.7 Å². The van der Waals surface area contributed by atoms with Crippen LogP contribution in [0.1, 0.15) is 20.7 Å². The second kappa shape index (κ2) is 9.68. The van der Waals surface area contributed by atoms with Crippen LogP contribution < -0.4 is 20.1 Å². The second-order valence-electron chi connectivity index (χ2n) is 6.31. The van der Waals surface area contributed by atoms with E-state index in [0.29, 0.717) is 17.1 Å². The number of carbonyl (C=O) groups is 2. The van der Waals surface area contributed by atoms with Gasteiger partial charge in [-0.2, -0.15) is 0 Å². The molecule has 9 heteroatoms. The van der Waals surface area contributed by atoms with Gasteiger partial charge in [-0.25, -0.2) is 4.39 Å². The van der Waals surface area contributed by atoms with Crippen molar-refractivity contribution in [3.05, 3.63) is 81.6 Å². The molecule has 0 spiro atoms. The third kappa shape index (κ3) is 5.25. The molecule has 0 unspecified atom stereocenters. The number of halogens is 3. The Bertz CT molecular complexity index is 1130. The Hall–Kier alpha value is -3.29. The van der Waals surface area contributed by atoms with E-state index in [1.165, 1.54) is 50.6 Å². The number of amides is 2. The minimum absolute atomic E-state index is 0.138. The summed E-state index contributed by atoms with van der Waals surface area (Å²) in [6, 6.07) is 12.8. The smallest absolute Gasteiger partial charge is 0.255 e. The van der Waals surface area contributed by atoms with Crippen molar-refractivity contribution in [3.8, 4) is 11.5 Å². The lowest BCUT2D eigenvalue weighted by Gasteiger charge is -2.13. The Morgan fingerprint density at radius 3 is 2.13 bits per heavy atom. The van der Waals surface area contributed by atoms with E-state index in [1.54, 1.807) is 12.1 Å². The molecule has 0 saturated heterocycles. The Morgan fingerprint density at radius 1 is 0.839 bits per heavy atom. The first-order valence-electron chi connectivity index (χ1n) is 8.91. The van der Waals surface area contributed by atoms with Crippen molar-refractivity contribution >= 4 is 46.4 Å². The molecule has 2 amide bonds. The van der Waals surface area contributed by atoms with Gasteiger partial charge in [0.05, 0.1) is 30.0 Å². The normalized spacial score (nSPS) is 10.4. The highest BCUT2D eigenvalue weighted by atomic mass is 35.5. The molecule has 3 aromatic rings. The topological polar surface area (TPSA) is 76.7 Å². The summed E-state index contributed by atoms with van der Waals surface area (Å²) in [5, 5.41) is 5.74. The lowest BCUT2D eigenvalue weighted by Crippen LogP contribution is -2.15. The van der Waals surface area contributed by atoms with Crippen LogP contribution in [0.15, 0.2) is 54.6 Å². The zero-order valence-electron chi connectivity index (χ0n) is 16.5. The fraction of sp³-hybridized carbons (Fsp3) is 0.0909. The van der Waals surface area contributed by atoms with Crippen LogP contribution in [0.2, 0.25) is 10.0 Å². The van der Waals surface area contributed by atoms with E-state index in [1.807, 2.05) is 0 Å². The molecule has 0 saturated carbocycles. The Balaban J connectivity index is 1.83. The third-order valence-electron chi connectivity index (χ3n) is 4.26. The van der Waals surface area contributed by atoms with Crippen molar-refractivity contribution in [2.45, 2.75) is 0 Å². The average molecular weight is 463 g/mol. The molecule has 0 aliphatic carbocycles. The van der Waals surface area contributed by atoms with Crippen molar-refractivity contribution in [2.75, 3.05) is 24.9 Å². The van der Waals surface area contributed by atoms with Crippen LogP contribution >= 0.6 is 23.2 Å². The number of carbonyl (C=O) groups excluding carboxylic acids is 2. The van der Waals surface area contributed by atoms with E-state index >= 15 is 0 Å². The Labute approximate surface area is 187 Å². The van der Waals surface area contributed by atoms with E-state index in [2.05, 4.69) is 10.6 Å². The molecule has 0 heterocycles. The van der Waals surface area contributed by atoms with Gasteiger partial charge in [0.15, 0.2) is 5.75 Å². The van der Waals surface area contributed by atoms with Gasteiger partial charge in [-0.1, -0.05) is 29.3 Å². The fourth-order valence-corrected chi connectivity index (χ4v) is 3.44. The number of anilines is 2. The largest absolute Gasteiger partial charge is 0.495 e. The average Bonchev–Trinajstić information content (AvgIpc) is 2.73. The number of hydrogen-bond donors (Lipinski definition) is 2. The standard InChI is InChI=1S/C22H17Cl2FN2O4/c1-30-19-7-6-15(11-18(19)27-21(28)12-4-3-5-14(25)8-12)26-22(29)13-9-16(23)20(31-2)17(24)10-13/h3-11H,1-2H3,(H,26,29)(H,27,28). The highest BCUT2D eigenvalue weighted by molar-refractivity contribution is 6.37. The summed E-state index contributed by atoms with van der Waals surface area (Å²) in [5.74, 6) is -0.906. The molecule has 0 aliphatic rings. The number of methoxy groups -OCH3 is 2. The van der Waals surface area contributed by atoms with E-state index in [-0.39, 0.29) is 26.9 Å². The molecular weight excluding hydrogens is 446 g/mol. The monoisotopic (exact) mass is 462 g/mol. The molecule has 160 valence electrons. The molecular formula is C22H17Cl2FN2O4. The van der Waals surface area contributed by atoms with Crippen LogP contribution in [-0.2, 0) is 0 Å². The maximum atomic E-state index is 13.4. The van der Waals surface area contributed by atoms with Crippen molar-refractivity contribution in [1.29, 1.82) is 0 Å². The highest BCUT2D eigenvalue weighted by Crippen LogP contribution is 2.34. The maximum Gasteiger partial charge on any atom is 0.255 e. The van der Waals surface area contributed by atoms with E-state index in [9.17, 15) is 14.0 Å². The zero-order chi connectivity index (χ0) is 22.5. The van der Waals surface area contributed by atoms with Crippen LogP contribution in [-0.4, -0.2) is 26.0 Å². The zero-order valence-corrected chi connectivity index (χ0v) is 18.0. The molecule has 31 heavy (non-hydrogen) atoms. The highest BCUT2D eigenvalue weighted by Gasteiger charge is 2.16. The van der Waals surface area contributed by atoms with Crippen molar-refractivity contribution in [3.63, 3.8) is 0 Å². The Morgan fingerprint density at radius 2 is 1.52 bits per heavy atom. The summed E-state index contributed by atoms with van der Waals surface area (Å²) in [6.07, 6.45) is 0. The predicted molar refractivity (Wildman–Crippen MR) is 118 cm³/mol. The molecule has 0 bridgehead atoms. The summed E-state index contributed by atoms with van der Waals surface area (Å²) in [5.41, 5.74) is 1.03. The van der Waals surface area contributed by atoms with Gasteiger partial charge in [0, 0.05) is 16.8 Å². The van der Waals surface area contributed by atoms with E-state index < -0.39 is 17.6 Å². The lowest BCUT2D eigenvalue weighted by atomic mass is 10.1. The Kier molecular flexibility index (Phi) is 6.99. The number of hydrogen-bond acceptors (Lipinski definition) is 4. The minimum Gasteiger partial charge on any atom is -0.495 e. The predicted octanol–water partition coefficient (Wildman–Crippen LogP) is 5.65. The van der Waals surface area contributed by atoms with Gasteiger partial charge in [0.25, 0.3) is 11.8 Å². The number of rotatable bonds is 6. The van der Waals surface area contributed by atoms with Gasteiger partial charge >= 0.3 is 0 Å². The first-order valence-corrected chi connectivity index (χ1v) is 9.67. The van der Waals surface area contributed by atoms with E-state index in [0.717, 1.165) is 6.07 Å². The molecule has 2 N–H and O–H groups in total. The number of ether oxygens (including phenoxy) is 2. The third-order valence-corrected chi connectivity index (χ3v) is 4.82. The SMILES string of the molecule is COc1ccc(NC(=O)c2cc(Cl)c(OC)c(Cl)c2)cc1NC(=O)c1cccc(F)c1. The van der Waals surface area contributed by atoms with Gasteiger partial charge in [-0.15, -0.1) is 0 Å². The summed E-state index contributed by atoms with van der Waals surface area (Å²) in [4.78, 5) is 25.1. The lowest BCUT2D eigenvalue weighted by molar-refractivity contribution is 0.101. The molecule has 0 atom stereocenters. The quantitative estimate of drug-likeness (QED) is 0.495. The number of benzene rings is 3. The molecule has 0 radical (unpaired) electrons. The molecule has 0 aromatic heterocycles. The van der Waals surface area contributed by atoms with Crippen molar-refractivity contribution in [2.24, 2.45) is 0 Å². The summed E-state index contributed by atoms with van der Waals surface area (Å²) in [7, 11) is 2.86. The van der Waals surface area contributed by atoms with Crippen LogP contribution in [0.25, 0.3) is 0 Å². The number of nitrogens with one attached hydrogen (secondary N) is 2.